The van der Waals surface area contributed by atoms with Crippen LogP contribution in [-0.4, -0.2) is 47.7 Å². The van der Waals surface area contributed by atoms with Crippen molar-refractivity contribution >= 4 is 27.6 Å². The van der Waals surface area contributed by atoms with E-state index in [1.54, 1.807) is 13.8 Å². The van der Waals surface area contributed by atoms with Gasteiger partial charge in [-0.25, -0.2) is 17.9 Å². The van der Waals surface area contributed by atoms with Gasteiger partial charge >= 0.3 is 12.6 Å². The Kier molecular flexibility index (Phi) is 8.11. The standard InChI is InChI=1S/C20H22F2N2O7S/c1-5-23-32(27,28)12-7-6-11(2)13(8-12)18(25)24-15-10-17(31-20(21)22)16(29-3)9-14(15)19(26)30-4/h6-10,20,23H,5H2,1-4H3,(H,24,25). The summed E-state index contributed by atoms with van der Waals surface area (Å²) in [5.41, 5.74) is 0.0492. The normalized spacial score (nSPS) is 11.2. The highest BCUT2D eigenvalue weighted by atomic mass is 32.2. The first-order valence-electron chi connectivity index (χ1n) is 9.20. The number of amides is 1. The van der Waals surface area contributed by atoms with Crippen molar-refractivity contribution < 1.29 is 41.0 Å². The second-order valence-corrected chi connectivity index (χ2v) is 8.12. The van der Waals surface area contributed by atoms with E-state index in [2.05, 4.69) is 19.5 Å². The van der Waals surface area contributed by atoms with Gasteiger partial charge in [-0.2, -0.15) is 8.78 Å². The summed E-state index contributed by atoms with van der Waals surface area (Å²) in [5.74, 6) is -2.26. The Labute approximate surface area is 183 Å². The molecule has 0 aromatic heterocycles. The number of anilines is 1. The lowest BCUT2D eigenvalue weighted by Crippen LogP contribution is -2.24. The van der Waals surface area contributed by atoms with Gasteiger partial charge in [-0.3, -0.25) is 4.79 Å². The van der Waals surface area contributed by atoms with Crippen molar-refractivity contribution in [2.75, 3.05) is 26.1 Å². The average Bonchev–Trinajstić information content (AvgIpc) is 2.73. The largest absolute Gasteiger partial charge is 0.493 e. The molecule has 174 valence electrons. The first-order chi connectivity index (χ1) is 15.0. The summed E-state index contributed by atoms with van der Waals surface area (Å²) in [7, 11) is -1.55. The van der Waals surface area contributed by atoms with E-state index in [-0.39, 0.29) is 34.0 Å². The molecule has 0 spiro atoms. The fraction of sp³-hybridized carbons (Fsp3) is 0.300. The third-order valence-corrected chi connectivity index (χ3v) is 5.81. The number of carbonyl (C=O) groups excluding carboxylic acids is 2. The number of esters is 1. The number of hydrogen-bond donors (Lipinski definition) is 2. The molecule has 0 heterocycles. The Hall–Kier alpha value is -3.25. The molecule has 32 heavy (non-hydrogen) atoms. The van der Waals surface area contributed by atoms with Crippen molar-refractivity contribution in [1.29, 1.82) is 0 Å². The zero-order valence-corrected chi connectivity index (χ0v) is 18.5. The highest BCUT2D eigenvalue weighted by Gasteiger charge is 2.23. The van der Waals surface area contributed by atoms with Crippen LogP contribution in [0.4, 0.5) is 14.5 Å². The quantitative estimate of drug-likeness (QED) is 0.539. The number of hydrogen-bond acceptors (Lipinski definition) is 7. The monoisotopic (exact) mass is 472 g/mol. The lowest BCUT2D eigenvalue weighted by molar-refractivity contribution is -0.0511. The second kappa shape index (κ2) is 10.4. The highest BCUT2D eigenvalue weighted by Crippen LogP contribution is 2.35. The van der Waals surface area contributed by atoms with Crippen LogP contribution in [0.15, 0.2) is 35.2 Å². The van der Waals surface area contributed by atoms with Crippen molar-refractivity contribution in [3.63, 3.8) is 0 Å². The number of nitrogens with one attached hydrogen (secondary N) is 2. The summed E-state index contributed by atoms with van der Waals surface area (Å²) in [5, 5.41) is 2.42. The van der Waals surface area contributed by atoms with Crippen molar-refractivity contribution in [1.82, 2.24) is 4.72 Å². The average molecular weight is 472 g/mol. The smallest absolute Gasteiger partial charge is 0.387 e. The van der Waals surface area contributed by atoms with Gasteiger partial charge in [0.2, 0.25) is 10.0 Å². The predicted octanol–water partition coefficient (Wildman–Crippen LogP) is 2.94. The molecule has 0 radical (unpaired) electrons. The molecule has 0 atom stereocenters. The molecule has 2 aromatic rings. The Morgan fingerprint density at radius 3 is 2.31 bits per heavy atom. The van der Waals surface area contributed by atoms with Crippen LogP contribution in [0.2, 0.25) is 0 Å². The first-order valence-corrected chi connectivity index (χ1v) is 10.7. The van der Waals surface area contributed by atoms with Crippen LogP contribution in [0.1, 0.15) is 33.2 Å². The molecule has 9 nitrogen and oxygen atoms in total. The highest BCUT2D eigenvalue weighted by molar-refractivity contribution is 7.89. The molecule has 0 aliphatic rings. The molecular weight excluding hydrogens is 450 g/mol. The Balaban J connectivity index is 2.53. The molecule has 0 unspecified atom stereocenters. The summed E-state index contributed by atoms with van der Waals surface area (Å²) in [6.45, 7) is 0.154. The summed E-state index contributed by atoms with van der Waals surface area (Å²) in [6.07, 6.45) is 0. The zero-order valence-electron chi connectivity index (χ0n) is 17.7. The lowest BCUT2D eigenvalue weighted by atomic mass is 10.1. The van der Waals surface area contributed by atoms with Crippen LogP contribution in [0, 0.1) is 6.92 Å². The minimum absolute atomic E-state index is 0.00746. The van der Waals surface area contributed by atoms with Gasteiger partial charge in [-0.1, -0.05) is 13.0 Å². The molecule has 12 heteroatoms. The van der Waals surface area contributed by atoms with E-state index in [1.165, 1.54) is 25.3 Å². The second-order valence-electron chi connectivity index (χ2n) is 6.35. The third-order valence-electron chi connectivity index (χ3n) is 4.27. The van der Waals surface area contributed by atoms with E-state index >= 15 is 0 Å². The molecule has 0 fully saturated rings. The number of halogens is 2. The summed E-state index contributed by atoms with van der Waals surface area (Å²) in [4.78, 5) is 25.0. The molecule has 0 aliphatic carbocycles. The van der Waals surface area contributed by atoms with Crippen LogP contribution in [0.5, 0.6) is 11.5 Å². The van der Waals surface area contributed by atoms with Gasteiger partial charge < -0.3 is 19.5 Å². The first kappa shape index (κ1) is 25.0. The number of aryl methyl sites for hydroxylation is 1. The maximum absolute atomic E-state index is 12.9. The number of sulfonamides is 1. The van der Waals surface area contributed by atoms with Crippen LogP contribution in [-0.2, 0) is 14.8 Å². The molecule has 0 bridgehead atoms. The van der Waals surface area contributed by atoms with Crippen LogP contribution >= 0.6 is 0 Å². The van der Waals surface area contributed by atoms with Crippen LogP contribution in [0.25, 0.3) is 0 Å². The fourth-order valence-electron chi connectivity index (χ4n) is 2.77. The van der Waals surface area contributed by atoms with Gasteiger partial charge in [0.15, 0.2) is 11.5 Å². The fourth-order valence-corrected chi connectivity index (χ4v) is 3.83. The number of alkyl halides is 2. The number of benzene rings is 2. The third kappa shape index (κ3) is 5.71. The summed E-state index contributed by atoms with van der Waals surface area (Å²) < 4.78 is 66.5. The van der Waals surface area contributed by atoms with E-state index in [9.17, 15) is 26.8 Å². The maximum Gasteiger partial charge on any atom is 0.387 e. The predicted molar refractivity (Wildman–Crippen MR) is 111 cm³/mol. The van der Waals surface area contributed by atoms with Gasteiger partial charge in [-0.05, 0) is 24.6 Å². The van der Waals surface area contributed by atoms with Crippen molar-refractivity contribution in [2.24, 2.45) is 0 Å². The van der Waals surface area contributed by atoms with Gasteiger partial charge in [0.1, 0.15) is 0 Å². The Morgan fingerprint density at radius 1 is 1.06 bits per heavy atom. The van der Waals surface area contributed by atoms with Crippen molar-refractivity contribution in [3.8, 4) is 11.5 Å². The molecule has 2 N–H and O–H groups in total. The van der Waals surface area contributed by atoms with E-state index in [4.69, 9.17) is 4.74 Å². The minimum Gasteiger partial charge on any atom is -0.493 e. The lowest BCUT2D eigenvalue weighted by Gasteiger charge is -2.16. The number of rotatable bonds is 9. The Morgan fingerprint density at radius 2 is 1.75 bits per heavy atom. The van der Waals surface area contributed by atoms with E-state index in [0.29, 0.717) is 5.56 Å². The molecule has 0 aliphatic heterocycles. The SMILES string of the molecule is CCNS(=O)(=O)c1ccc(C)c(C(=O)Nc2cc(OC(F)F)c(OC)cc2C(=O)OC)c1. The van der Waals surface area contributed by atoms with Crippen molar-refractivity contribution in [2.45, 2.75) is 25.4 Å². The maximum atomic E-state index is 12.9. The molecule has 1 amide bonds. The van der Waals surface area contributed by atoms with Gasteiger partial charge in [0.25, 0.3) is 5.91 Å². The van der Waals surface area contributed by atoms with E-state index in [0.717, 1.165) is 19.2 Å². The van der Waals surface area contributed by atoms with Gasteiger partial charge in [0, 0.05) is 24.2 Å². The van der Waals surface area contributed by atoms with Crippen LogP contribution < -0.4 is 19.5 Å². The molecular formula is C20H22F2N2O7S. The molecule has 0 saturated heterocycles. The number of methoxy groups -OCH3 is 2. The summed E-state index contributed by atoms with van der Waals surface area (Å²) in [6, 6.07) is 6.02. The Bertz CT molecular complexity index is 1120. The van der Waals surface area contributed by atoms with Crippen LogP contribution in [0.3, 0.4) is 0 Å². The minimum atomic E-state index is -3.83. The van der Waals surface area contributed by atoms with Crippen molar-refractivity contribution in [3.05, 3.63) is 47.0 Å². The number of ether oxygens (including phenoxy) is 3. The van der Waals surface area contributed by atoms with E-state index in [1.807, 2.05) is 0 Å². The van der Waals surface area contributed by atoms with E-state index < -0.39 is 34.3 Å². The topological polar surface area (TPSA) is 120 Å². The molecule has 2 rings (SSSR count). The number of carbonyl (C=O) groups is 2. The summed E-state index contributed by atoms with van der Waals surface area (Å²) >= 11 is 0. The zero-order chi connectivity index (χ0) is 24.1. The molecule has 2 aromatic carbocycles. The molecule has 0 saturated carbocycles. The van der Waals surface area contributed by atoms with Gasteiger partial charge in [0.05, 0.1) is 30.4 Å². The van der Waals surface area contributed by atoms with Gasteiger partial charge in [-0.15, -0.1) is 0 Å².